The van der Waals surface area contributed by atoms with Crippen LogP contribution in [0.4, 0.5) is 10.1 Å². The van der Waals surface area contributed by atoms with E-state index >= 15 is 0 Å². The summed E-state index contributed by atoms with van der Waals surface area (Å²) in [7, 11) is 0. The van der Waals surface area contributed by atoms with Crippen LogP contribution >= 0.6 is 0 Å². The summed E-state index contributed by atoms with van der Waals surface area (Å²) in [5, 5.41) is 2.93. The first-order chi connectivity index (χ1) is 14.7. The zero-order valence-corrected chi connectivity index (χ0v) is 16.5. The third-order valence-corrected chi connectivity index (χ3v) is 5.47. The lowest BCUT2D eigenvalue weighted by Gasteiger charge is -2.19. The van der Waals surface area contributed by atoms with Crippen LogP contribution in [0.15, 0.2) is 42.5 Å². The minimum Gasteiger partial charge on any atom is -0.486 e. The quantitative estimate of drug-likeness (QED) is 0.697. The summed E-state index contributed by atoms with van der Waals surface area (Å²) in [5.74, 6) is 1.33. The van der Waals surface area contributed by atoms with Gasteiger partial charge in [-0.15, -0.1) is 0 Å². The van der Waals surface area contributed by atoms with Gasteiger partial charge in [-0.05, 0) is 43.5 Å². The molecule has 154 valence electrons. The highest BCUT2D eigenvalue weighted by Crippen LogP contribution is 2.33. The Hall–Kier alpha value is -3.35. The fraction of sp³-hybridized carbons (Fsp3) is 0.304. The lowest BCUT2D eigenvalue weighted by molar-refractivity contribution is 0.102. The first-order valence-electron chi connectivity index (χ1n) is 10.3. The molecule has 6 nitrogen and oxygen atoms in total. The molecule has 0 unspecified atom stereocenters. The lowest BCUT2D eigenvalue weighted by Crippen LogP contribution is -2.17. The topological polar surface area (TPSA) is 65.4 Å². The molecule has 0 radical (unpaired) electrons. The summed E-state index contributed by atoms with van der Waals surface area (Å²) in [5.41, 5.74) is 2.59. The normalized spacial score (nSPS) is 15.2. The molecule has 0 bridgehead atoms. The molecule has 0 spiro atoms. The number of carbonyl (C=O) groups excluding carboxylic acids is 1. The number of nitrogens with one attached hydrogen (secondary N) is 1. The summed E-state index contributed by atoms with van der Waals surface area (Å²) >= 11 is 0. The molecule has 30 heavy (non-hydrogen) atoms. The Kier molecular flexibility index (Phi) is 4.86. The molecule has 2 aromatic carbocycles. The summed E-state index contributed by atoms with van der Waals surface area (Å²) in [6, 6.07) is 11.7. The molecule has 7 heteroatoms. The van der Waals surface area contributed by atoms with Crippen molar-refractivity contribution < 1.29 is 18.7 Å². The van der Waals surface area contributed by atoms with Crippen molar-refractivity contribution in [2.24, 2.45) is 0 Å². The number of rotatable bonds is 3. The molecule has 1 amide bonds. The van der Waals surface area contributed by atoms with Crippen molar-refractivity contribution >= 4 is 11.6 Å². The van der Waals surface area contributed by atoms with Crippen molar-refractivity contribution in [3.63, 3.8) is 0 Å². The minimum atomic E-state index is -0.319. The SMILES string of the molecule is O=C(Nc1ccc2c(c1)OCCO2)c1nc(-c2cccc(F)c2)n2c1CCCCC2. The predicted molar refractivity (Wildman–Crippen MR) is 111 cm³/mol. The third kappa shape index (κ3) is 3.51. The summed E-state index contributed by atoms with van der Waals surface area (Å²) in [6.45, 7) is 1.77. The highest BCUT2D eigenvalue weighted by molar-refractivity contribution is 6.04. The average Bonchev–Trinajstić information content (AvgIpc) is 2.95. The molecule has 3 heterocycles. The number of aromatic nitrogens is 2. The molecule has 2 aliphatic heterocycles. The Morgan fingerprint density at radius 1 is 1.03 bits per heavy atom. The van der Waals surface area contributed by atoms with Gasteiger partial charge in [0.15, 0.2) is 11.5 Å². The molecular formula is C23H22FN3O3. The van der Waals surface area contributed by atoms with Gasteiger partial charge in [-0.3, -0.25) is 4.79 Å². The molecule has 0 atom stereocenters. The monoisotopic (exact) mass is 407 g/mol. The molecule has 0 saturated carbocycles. The van der Waals surface area contributed by atoms with E-state index in [2.05, 4.69) is 14.9 Å². The van der Waals surface area contributed by atoms with E-state index in [1.807, 2.05) is 6.07 Å². The van der Waals surface area contributed by atoms with Crippen LogP contribution in [0.2, 0.25) is 0 Å². The van der Waals surface area contributed by atoms with Gasteiger partial charge in [0.25, 0.3) is 5.91 Å². The van der Waals surface area contributed by atoms with Gasteiger partial charge in [-0.25, -0.2) is 9.37 Å². The fourth-order valence-corrected chi connectivity index (χ4v) is 4.06. The number of ether oxygens (including phenoxy) is 2. The second-order valence-corrected chi connectivity index (χ2v) is 7.52. The van der Waals surface area contributed by atoms with Gasteiger partial charge in [0.05, 0.1) is 5.69 Å². The van der Waals surface area contributed by atoms with E-state index in [-0.39, 0.29) is 11.7 Å². The number of amides is 1. The number of halogens is 1. The molecule has 3 aromatic rings. The van der Waals surface area contributed by atoms with Crippen molar-refractivity contribution in [1.82, 2.24) is 9.55 Å². The summed E-state index contributed by atoms with van der Waals surface area (Å²) in [6.07, 6.45) is 3.87. The Bertz CT molecular complexity index is 1110. The molecule has 0 aliphatic carbocycles. The van der Waals surface area contributed by atoms with Gasteiger partial charge in [0.2, 0.25) is 0 Å². The molecule has 1 aromatic heterocycles. The molecule has 0 saturated heterocycles. The second-order valence-electron chi connectivity index (χ2n) is 7.52. The third-order valence-electron chi connectivity index (χ3n) is 5.47. The van der Waals surface area contributed by atoms with Crippen molar-refractivity contribution in [2.45, 2.75) is 32.2 Å². The van der Waals surface area contributed by atoms with E-state index < -0.39 is 0 Å². The van der Waals surface area contributed by atoms with Crippen LogP contribution in [-0.2, 0) is 13.0 Å². The van der Waals surface area contributed by atoms with E-state index in [0.717, 1.165) is 37.9 Å². The van der Waals surface area contributed by atoms with Crippen LogP contribution < -0.4 is 14.8 Å². The number of nitrogens with zero attached hydrogens (tertiary/aromatic N) is 2. The van der Waals surface area contributed by atoms with Gasteiger partial charge >= 0.3 is 0 Å². The van der Waals surface area contributed by atoms with Crippen molar-refractivity contribution in [1.29, 1.82) is 0 Å². The highest BCUT2D eigenvalue weighted by atomic mass is 19.1. The Morgan fingerprint density at radius 2 is 1.90 bits per heavy atom. The average molecular weight is 407 g/mol. The number of carbonyl (C=O) groups is 1. The van der Waals surface area contributed by atoms with Crippen LogP contribution in [0.5, 0.6) is 11.5 Å². The zero-order chi connectivity index (χ0) is 20.5. The van der Waals surface area contributed by atoms with E-state index in [0.29, 0.717) is 47.5 Å². The van der Waals surface area contributed by atoms with Crippen LogP contribution in [0.1, 0.15) is 35.4 Å². The first kappa shape index (κ1) is 18.7. The van der Waals surface area contributed by atoms with Gasteiger partial charge in [0.1, 0.15) is 30.5 Å². The maximum atomic E-state index is 13.8. The van der Waals surface area contributed by atoms with Crippen LogP contribution in [0, 0.1) is 5.82 Å². The number of anilines is 1. The number of hydrogen-bond donors (Lipinski definition) is 1. The van der Waals surface area contributed by atoms with Crippen LogP contribution in [0.25, 0.3) is 11.4 Å². The fourth-order valence-electron chi connectivity index (χ4n) is 4.06. The molecule has 2 aliphatic rings. The second kappa shape index (κ2) is 7.82. The van der Waals surface area contributed by atoms with Gasteiger partial charge in [-0.2, -0.15) is 0 Å². The molecule has 0 fully saturated rings. The smallest absolute Gasteiger partial charge is 0.276 e. The summed E-state index contributed by atoms with van der Waals surface area (Å²) < 4.78 is 27.0. The largest absolute Gasteiger partial charge is 0.486 e. The van der Waals surface area contributed by atoms with Gasteiger partial charge in [0, 0.05) is 23.9 Å². The Morgan fingerprint density at radius 3 is 2.77 bits per heavy atom. The first-order valence-corrected chi connectivity index (χ1v) is 10.3. The number of fused-ring (bicyclic) bond motifs is 2. The number of hydrogen-bond acceptors (Lipinski definition) is 4. The zero-order valence-electron chi connectivity index (χ0n) is 16.5. The van der Waals surface area contributed by atoms with Crippen LogP contribution in [0.3, 0.4) is 0 Å². The van der Waals surface area contributed by atoms with Crippen molar-refractivity contribution in [2.75, 3.05) is 18.5 Å². The van der Waals surface area contributed by atoms with E-state index in [4.69, 9.17) is 9.47 Å². The van der Waals surface area contributed by atoms with E-state index in [1.54, 1.807) is 24.3 Å². The highest BCUT2D eigenvalue weighted by Gasteiger charge is 2.25. The number of imidazole rings is 1. The van der Waals surface area contributed by atoms with Gasteiger partial charge < -0.3 is 19.4 Å². The van der Waals surface area contributed by atoms with Gasteiger partial charge in [-0.1, -0.05) is 18.6 Å². The maximum absolute atomic E-state index is 13.8. The van der Waals surface area contributed by atoms with Crippen molar-refractivity contribution in [3.05, 3.63) is 59.7 Å². The summed E-state index contributed by atoms with van der Waals surface area (Å²) in [4.78, 5) is 17.8. The standard InChI is InChI=1S/C23H22FN3O3/c24-16-6-4-5-15(13-16)22-26-21(18-7-2-1-3-10-27(18)22)23(28)25-17-8-9-19-20(14-17)30-12-11-29-19/h4-6,8-9,13-14H,1-3,7,10-12H2,(H,25,28). The minimum absolute atomic E-state index is 0.278. The van der Waals surface area contributed by atoms with Crippen molar-refractivity contribution in [3.8, 4) is 22.9 Å². The van der Waals surface area contributed by atoms with E-state index in [9.17, 15) is 9.18 Å². The number of benzene rings is 2. The maximum Gasteiger partial charge on any atom is 0.276 e. The Labute approximate surface area is 173 Å². The predicted octanol–water partition coefficient (Wildman–Crippen LogP) is 4.44. The molecular weight excluding hydrogens is 385 g/mol. The van der Waals surface area contributed by atoms with E-state index in [1.165, 1.54) is 12.1 Å². The lowest BCUT2D eigenvalue weighted by atomic mass is 10.1. The molecule has 1 N–H and O–H groups in total. The van der Waals surface area contributed by atoms with Crippen LogP contribution in [-0.4, -0.2) is 28.7 Å². The Balaban J connectivity index is 1.50. The molecule has 5 rings (SSSR count).